The van der Waals surface area contributed by atoms with E-state index in [-0.39, 0.29) is 17.5 Å². The van der Waals surface area contributed by atoms with Crippen molar-refractivity contribution in [1.82, 2.24) is 9.80 Å². The summed E-state index contributed by atoms with van der Waals surface area (Å²) < 4.78 is 18.7. The maximum Gasteiger partial charge on any atom is 0.243 e. The molecule has 1 saturated heterocycles. The molecule has 134 valence electrons. The van der Waals surface area contributed by atoms with Gasteiger partial charge in [0.15, 0.2) is 11.6 Å². The Balaban J connectivity index is 1.56. The number of piperazine rings is 1. The lowest BCUT2D eigenvalue weighted by atomic mass is 9.86. The molecule has 25 heavy (non-hydrogen) atoms. The van der Waals surface area contributed by atoms with Crippen LogP contribution in [0, 0.1) is 22.6 Å². The number of amides is 1. The molecule has 0 unspecified atom stereocenters. The molecule has 0 aromatic heterocycles. The summed E-state index contributed by atoms with van der Waals surface area (Å²) in [5, 5.41) is 9.48. The number of carbonyl (C=O) groups is 1. The first kappa shape index (κ1) is 17.7. The van der Waals surface area contributed by atoms with Crippen LogP contribution < -0.4 is 4.74 Å². The largest absolute Gasteiger partial charge is 0.494 e. The van der Waals surface area contributed by atoms with Gasteiger partial charge in [-0.1, -0.05) is 18.9 Å². The van der Waals surface area contributed by atoms with E-state index in [4.69, 9.17) is 4.74 Å². The number of benzene rings is 1. The smallest absolute Gasteiger partial charge is 0.243 e. The molecule has 6 heteroatoms. The van der Waals surface area contributed by atoms with Gasteiger partial charge in [0.25, 0.3) is 0 Å². The molecule has 0 bridgehead atoms. The minimum Gasteiger partial charge on any atom is -0.494 e. The molecule has 2 fully saturated rings. The zero-order chi connectivity index (χ0) is 17.9. The van der Waals surface area contributed by atoms with Gasteiger partial charge in [0.1, 0.15) is 5.41 Å². The topological polar surface area (TPSA) is 56.6 Å². The van der Waals surface area contributed by atoms with Crippen LogP contribution in [0.5, 0.6) is 5.75 Å². The molecule has 2 aliphatic rings. The van der Waals surface area contributed by atoms with E-state index < -0.39 is 5.41 Å². The van der Waals surface area contributed by atoms with Crippen LogP contribution in [0.25, 0.3) is 0 Å². The molecule has 1 aliphatic heterocycles. The lowest BCUT2D eigenvalue weighted by molar-refractivity contribution is -0.140. The van der Waals surface area contributed by atoms with Gasteiger partial charge in [-0.3, -0.25) is 9.69 Å². The van der Waals surface area contributed by atoms with Crippen LogP contribution in [-0.4, -0.2) is 49.0 Å². The van der Waals surface area contributed by atoms with Crippen LogP contribution in [0.3, 0.4) is 0 Å². The van der Waals surface area contributed by atoms with Gasteiger partial charge in [-0.2, -0.15) is 5.26 Å². The van der Waals surface area contributed by atoms with E-state index in [1.807, 2.05) is 11.0 Å². The molecule has 1 aliphatic carbocycles. The summed E-state index contributed by atoms with van der Waals surface area (Å²) in [4.78, 5) is 16.8. The van der Waals surface area contributed by atoms with Gasteiger partial charge in [0.05, 0.1) is 13.2 Å². The minimum absolute atomic E-state index is 0.00245. The summed E-state index contributed by atoms with van der Waals surface area (Å²) in [5.41, 5.74) is 0.101. The molecule has 5 nitrogen and oxygen atoms in total. The standard InChI is InChI=1S/C19H24FN3O2/c1-25-17-5-4-15(12-16(17)20)13-22-8-10-23(11-9-22)18(24)19(14-21)6-2-3-7-19/h4-5,12H,2-3,6-11,13H2,1H3. The number of hydrogen-bond donors (Lipinski definition) is 0. The Bertz CT molecular complexity index is 672. The van der Waals surface area contributed by atoms with Gasteiger partial charge in [-0.25, -0.2) is 4.39 Å². The summed E-state index contributed by atoms with van der Waals surface area (Å²) in [7, 11) is 1.45. The Hall–Kier alpha value is -2.13. The molecule has 1 aromatic carbocycles. The normalized spacial score (nSPS) is 20.3. The van der Waals surface area contributed by atoms with Crippen molar-refractivity contribution in [3.63, 3.8) is 0 Å². The average molecular weight is 345 g/mol. The Morgan fingerprint density at radius 2 is 1.96 bits per heavy atom. The predicted octanol–water partition coefficient (Wildman–Crippen LogP) is 2.56. The predicted molar refractivity (Wildman–Crippen MR) is 91.3 cm³/mol. The maximum absolute atomic E-state index is 13.8. The third-order valence-electron chi connectivity index (χ3n) is 5.36. The van der Waals surface area contributed by atoms with E-state index in [0.717, 1.165) is 31.5 Å². The van der Waals surface area contributed by atoms with Gasteiger partial charge >= 0.3 is 0 Å². The number of ether oxygens (including phenoxy) is 1. The van der Waals surface area contributed by atoms with Gasteiger partial charge in [0, 0.05) is 32.7 Å². The van der Waals surface area contributed by atoms with E-state index in [9.17, 15) is 14.4 Å². The fourth-order valence-corrected chi connectivity index (χ4v) is 3.83. The van der Waals surface area contributed by atoms with Crippen molar-refractivity contribution in [1.29, 1.82) is 5.26 Å². The first-order valence-electron chi connectivity index (χ1n) is 8.83. The molecule has 1 heterocycles. The second kappa shape index (κ2) is 7.40. The number of methoxy groups -OCH3 is 1. The highest BCUT2D eigenvalue weighted by Crippen LogP contribution is 2.39. The number of hydrogen-bond acceptors (Lipinski definition) is 4. The molecule has 0 atom stereocenters. The second-order valence-electron chi connectivity index (χ2n) is 6.94. The Morgan fingerprint density at radius 3 is 2.52 bits per heavy atom. The number of carbonyl (C=O) groups excluding carboxylic acids is 1. The lowest BCUT2D eigenvalue weighted by Crippen LogP contribution is -2.52. The fraction of sp³-hybridized carbons (Fsp3) is 0.579. The molecule has 1 saturated carbocycles. The second-order valence-corrected chi connectivity index (χ2v) is 6.94. The van der Waals surface area contributed by atoms with Crippen molar-refractivity contribution < 1.29 is 13.9 Å². The van der Waals surface area contributed by atoms with Crippen LogP contribution in [-0.2, 0) is 11.3 Å². The molecular formula is C19H24FN3O2. The minimum atomic E-state index is -0.790. The first-order valence-corrected chi connectivity index (χ1v) is 8.83. The van der Waals surface area contributed by atoms with Crippen LogP contribution >= 0.6 is 0 Å². The summed E-state index contributed by atoms with van der Waals surface area (Å²) in [6.07, 6.45) is 3.30. The van der Waals surface area contributed by atoms with Crippen LogP contribution in [0.2, 0.25) is 0 Å². The number of rotatable bonds is 4. The Kier molecular flexibility index (Phi) is 5.24. The van der Waals surface area contributed by atoms with Gasteiger partial charge < -0.3 is 9.64 Å². The SMILES string of the molecule is COc1ccc(CN2CCN(C(=O)C3(C#N)CCCC3)CC2)cc1F. The Morgan fingerprint density at radius 1 is 1.28 bits per heavy atom. The van der Waals surface area contributed by atoms with Crippen LogP contribution in [0.4, 0.5) is 4.39 Å². The van der Waals surface area contributed by atoms with Gasteiger partial charge in [0.2, 0.25) is 5.91 Å². The van der Waals surface area contributed by atoms with E-state index in [1.54, 1.807) is 6.07 Å². The van der Waals surface area contributed by atoms with E-state index >= 15 is 0 Å². The number of halogens is 1. The van der Waals surface area contributed by atoms with Crippen molar-refractivity contribution in [2.75, 3.05) is 33.3 Å². The lowest BCUT2D eigenvalue weighted by Gasteiger charge is -2.37. The van der Waals surface area contributed by atoms with Crippen LogP contribution in [0.1, 0.15) is 31.2 Å². The number of nitrogens with zero attached hydrogens (tertiary/aromatic N) is 3. The molecule has 0 spiro atoms. The van der Waals surface area contributed by atoms with Crippen LogP contribution in [0.15, 0.2) is 18.2 Å². The molecular weight excluding hydrogens is 321 g/mol. The quantitative estimate of drug-likeness (QED) is 0.842. The molecule has 1 aromatic rings. The maximum atomic E-state index is 13.8. The third kappa shape index (κ3) is 3.62. The van der Waals surface area contributed by atoms with Crippen molar-refractivity contribution in [2.24, 2.45) is 5.41 Å². The van der Waals surface area contributed by atoms with E-state index in [1.165, 1.54) is 13.2 Å². The molecule has 3 rings (SSSR count). The van der Waals surface area contributed by atoms with Crippen molar-refractivity contribution in [3.05, 3.63) is 29.6 Å². The summed E-state index contributed by atoms with van der Waals surface area (Å²) >= 11 is 0. The Labute approximate surface area is 148 Å². The van der Waals surface area contributed by atoms with E-state index in [0.29, 0.717) is 32.5 Å². The summed E-state index contributed by atoms with van der Waals surface area (Å²) in [6.45, 7) is 3.37. The highest BCUT2D eigenvalue weighted by molar-refractivity contribution is 5.86. The highest BCUT2D eigenvalue weighted by atomic mass is 19.1. The molecule has 0 N–H and O–H groups in total. The summed E-state index contributed by atoms with van der Waals surface area (Å²) in [5.74, 6) is -0.105. The summed E-state index contributed by atoms with van der Waals surface area (Å²) in [6, 6.07) is 7.29. The number of nitriles is 1. The van der Waals surface area contributed by atoms with E-state index in [2.05, 4.69) is 11.0 Å². The molecule has 0 radical (unpaired) electrons. The zero-order valence-electron chi connectivity index (χ0n) is 14.6. The zero-order valence-corrected chi connectivity index (χ0v) is 14.6. The van der Waals surface area contributed by atoms with Crippen molar-refractivity contribution >= 4 is 5.91 Å². The van der Waals surface area contributed by atoms with Crippen molar-refractivity contribution in [2.45, 2.75) is 32.2 Å². The van der Waals surface area contributed by atoms with Gasteiger partial charge in [-0.15, -0.1) is 0 Å². The average Bonchev–Trinajstić information content (AvgIpc) is 3.12. The first-order chi connectivity index (χ1) is 12.1. The molecule has 1 amide bonds. The monoisotopic (exact) mass is 345 g/mol. The van der Waals surface area contributed by atoms with Crippen molar-refractivity contribution in [3.8, 4) is 11.8 Å². The third-order valence-corrected chi connectivity index (χ3v) is 5.36. The fourth-order valence-electron chi connectivity index (χ4n) is 3.83. The highest BCUT2D eigenvalue weighted by Gasteiger charge is 2.44. The van der Waals surface area contributed by atoms with Gasteiger partial charge in [-0.05, 0) is 30.5 Å².